The van der Waals surface area contributed by atoms with Crippen LogP contribution in [0.4, 0.5) is 10.7 Å². The summed E-state index contributed by atoms with van der Waals surface area (Å²) in [5.41, 5.74) is 6.19. The van der Waals surface area contributed by atoms with Crippen molar-refractivity contribution in [2.45, 2.75) is 12.8 Å². The number of thiophene rings is 1. The third-order valence-corrected chi connectivity index (χ3v) is 4.09. The van der Waals surface area contributed by atoms with Crippen LogP contribution in [0.5, 0.6) is 0 Å². The Morgan fingerprint density at radius 2 is 2.35 bits per heavy atom. The number of nitrogens with two attached hydrogens (primary N) is 1. The molecule has 0 radical (unpaired) electrons. The summed E-state index contributed by atoms with van der Waals surface area (Å²) >= 11 is 1.15. The fourth-order valence-corrected chi connectivity index (χ4v) is 2.66. The van der Waals surface area contributed by atoms with Gasteiger partial charge in [0, 0.05) is 13.2 Å². The zero-order valence-corrected chi connectivity index (χ0v) is 12.1. The van der Waals surface area contributed by atoms with Crippen LogP contribution in [-0.2, 0) is 9.47 Å². The SMILES string of the molecule is COC(=O)c1c(NCCOCC2CC2)sc(C#N)c1N. The Morgan fingerprint density at radius 1 is 1.60 bits per heavy atom. The maximum atomic E-state index is 11.7. The third kappa shape index (κ3) is 3.40. The molecule has 1 aromatic rings. The first-order valence-corrected chi connectivity index (χ1v) is 7.21. The second-order valence-corrected chi connectivity index (χ2v) is 5.62. The first-order valence-electron chi connectivity index (χ1n) is 6.39. The summed E-state index contributed by atoms with van der Waals surface area (Å²) in [6.45, 7) is 1.90. The number of nitrogens with zero attached hydrogens (tertiary/aromatic N) is 1. The van der Waals surface area contributed by atoms with Crippen molar-refractivity contribution in [3.05, 3.63) is 10.4 Å². The lowest BCUT2D eigenvalue weighted by atomic mass is 10.2. The minimum absolute atomic E-state index is 0.172. The Bertz CT molecular complexity index is 532. The van der Waals surface area contributed by atoms with E-state index in [4.69, 9.17) is 15.7 Å². The standard InChI is InChI=1S/C13H17N3O3S/c1-18-13(17)10-11(15)9(6-14)20-12(10)16-4-5-19-7-8-2-3-8/h8,16H,2-5,7,15H2,1H3. The quantitative estimate of drug-likeness (QED) is 0.588. The number of hydrogen-bond acceptors (Lipinski definition) is 7. The fraction of sp³-hybridized carbons (Fsp3) is 0.538. The Balaban J connectivity index is 1.94. The van der Waals surface area contributed by atoms with Gasteiger partial charge in [0.2, 0.25) is 0 Å². The van der Waals surface area contributed by atoms with Gasteiger partial charge < -0.3 is 20.5 Å². The highest BCUT2D eigenvalue weighted by Crippen LogP contribution is 2.35. The lowest BCUT2D eigenvalue weighted by Gasteiger charge is -2.07. The second kappa shape index (κ2) is 6.59. The van der Waals surface area contributed by atoms with E-state index in [-0.39, 0.29) is 11.3 Å². The molecule has 0 aromatic carbocycles. The van der Waals surface area contributed by atoms with Crippen LogP contribution in [-0.4, -0.2) is 32.8 Å². The van der Waals surface area contributed by atoms with Crippen LogP contribution in [0.3, 0.4) is 0 Å². The maximum absolute atomic E-state index is 11.7. The first kappa shape index (κ1) is 14.6. The van der Waals surface area contributed by atoms with Crippen LogP contribution in [0, 0.1) is 17.2 Å². The van der Waals surface area contributed by atoms with Crippen LogP contribution in [0.25, 0.3) is 0 Å². The topological polar surface area (TPSA) is 97.4 Å². The van der Waals surface area contributed by atoms with Crippen molar-refractivity contribution >= 4 is 28.0 Å². The molecule has 1 aliphatic rings. The van der Waals surface area contributed by atoms with E-state index in [1.54, 1.807) is 0 Å². The molecule has 1 fully saturated rings. The van der Waals surface area contributed by atoms with E-state index >= 15 is 0 Å². The highest BCUT2D eigenvalue weighted by molar-refractivity contribution is 7.17. The van der Waals surface area contributed by atoms with E-state index < -0.39 is 5.97 Å². The molecule has 108 valence electrons. The van der Waals surface area contributed by atoms with Crippen molar-refractivity contribution in [2.24, 2.45) is 5.92 Å². The van der Waals surface area contributed by atoms with Gasteiger partial charge in [0.05, 0.1) is 19.4 Å². The molecule has 6 nitrogen and oxygen atoms in total. The van der Waals surface area contributed by atoms with Gasteiger partial charge in [-0.2, -0.15) is 5.26 Å². The molecule has 0 atom stereocenters. The molecular weight excluding hydrogens is 278 g/mol. The smallest absolute Gasteiger partial charge is 0.343 e. The number of nitrogen functional groups attached to an aromatic ring is 1. The Morgan fingerprint density at radius 3 is 2.95 bits per heavy atom. The summed E-state index contributed by atoms with van der Waals surface area (Å²) in [5.74, 6) is 0.185. The van der Waals surface area contributed by atoms with Gasteiger partial charge in [0.15, 0.2) is 0 Å². The van der Waals surface area contributed by atoms with Crippen molar-refractivity contribution in [2.75, 3.05) is 37.9 Å². The fourth-order valence-electron chi connectivity index (χ4n) is 1.73. The van der Waals surface area contributed by atoms with Gasteiger partial charge in [-0.1, -0.05) is 0 Å². The highest BCUT2D eigenvalue weighted by atomic mass is 32.1. The van der Waals surface area contributed by atoms with Crippen molar-refractivity contribution in [3.63, 3.8) is 0 Å². The molecule has 20 heavy (non-hydrogen) atoms. The average molecular weight is 295 g/mol. The molecular formula is C13H17N3O3S. The number of esters is 1. The summed E-state index contributed by atoms with van der Waals surface area (Å²) in [7, 11) is 1.29. The summed E-state index contributed by atoms with van der Waals surface area (Å²) in [5, 5.41) is 12.6. The van der Waals surface area contributed by atoms with Gasteiger partial charge in [0.25, 0.3) is 0 Å². The van der Waals surface area contributed by atoms with Crippen molar-refractivity contribution < 1.29 is 14.3 Å². The molecule has 2 rings (SSSR count). The molecule has 7 heteroatoms. The van der Waals surface area contributed by atoms with Gasteiger partial charge in [-0.05, 0) is 18.8 Å². The van der Waals surface area contributed by atoms with Crippen molar-refractivity contribution in [1.29, 1.82) is 5.26 Å². The molecule has 1 heterocycles. The summed E-state index contributed by atoms with van der Waals surface area (Å²) in [6, 6.07) is 1.97. The number of carbonyl (C=O) groups excluding carboxylic acids is 1. The van der Waals surface area contributed by atoms with E-state index in [0.29, 0.717) is 23.0 Å². The lowest BCUT2D eigenvalue weighted by Crippen LogP contribution is -2.13. The third-order valence-electron chi connectivity index (χ3n) is 3.02. The lowest BCUT2D eigenvalue weighted by molar-refractivity contribution is 0.0603. The molecule has 0 unspecified atom stereocenters. The monoisotopic (exact) mass is 295 g/mol. The Labute approximate surface area is 121 Å². The highest BCUT2D eigenvalue weighted by Gasteiger charge is 2.23. The zero-order chi connectivity index (χ0) is 14.5. The number of hydrogen-bond donors (Lipinski definition) is 2. The van der Waals surface area contributed by atoms with Gasteiger partial charge in [-0.15, -0.1) is 11.3 Å². The number of anilines is 2. The molecule has 0 saturated heterocycles. The molecule has 1 aliphatic carbocycles. The normalized spacial score (nSPS) is 13.8. The van der Waals surface area contributed by atoms with Crippen LogP contribution < -0.4 is 11.1 Å². The van der Waals surface area contributed by atoms with Crippen LogP contribution >= 0.6 is 11.3 Å². The molecule has 1 saturated carbocycles. The van der Waals surface area contributed by atoms with Crippen LogP contribution in [0.1, 0.15) is 28.1 Å². The van der Waals surface area contributed by atoms with E-state index in [1.807, 2.05) is 6.07 Å². The number of nitrogens with one attached hydrogen (secondary N) is 1. The van der Waals surface area contributed by atoms with Crippen molar-refractivity contribution in [1.82, 2.24) is 0 Å². The number of carbonyl (C=O) groups is 1. The average Bonchev–Trinajstić information content (AvgIpc) is 3.21. The second-order valence-electron chi connectivity index (χ2n) is 4.60. The summed E-state index contributed by atoms with van der Waals surface area (Å²) < 4.78 is 10.2. The number of nitriles is 1. The number of ether oxygens (including phenoxy) is 2. The minimum atomic E-state index is -0.540. The number of rotatable bonds is 7. The molecule has 0 bridgehead atoms. The first-order chi connectivity index (χ1) is 9.67. The number of methoxy groups -OCH3 is 1. The van der Waals surface area contributed by atoms with E-state index in [9.17, 15) is 4.79 Å². The Hall–Kier alpha value is -1.78. The molecule has 0 amide bonds. The van der Waals surface area contributed by atoms with Crippen LogP contribution in [0.15, 0.2) is 0 Å². The van der Waals surface area contributed by atoms with E-state index in [0.717, 1.165) is 23.9 Å². The van der Waals surface area contributed by atoms with Gasteiger partial charge in [0.1, 0.15) is 21.5 Å². The molecule has 0 aliphatic heterocycles. The predicted molar refractivity (Wildman–Crippen MR) is 76.8 cm³/mol. The summed E-state index contributed by atoms with van der Waals surface area (Å²) in [4.78, 5) is 12.0. The largest absolute Gasteiger partial charge is 0.465 e. The minimum Gasteiger partial charge on any atom is -0.465 e. The van der Waals surface area contributed by atoms with E-state index in [2.05, 4.69) is 10.1 Å². The maximum Gasteiger partial charge on any atom is 0.343 e. The Kier molecular flexibility index (Phi) is 4.82. The predicted octanol–water partition coefficient (Wildman–Crippen LogP) is 1.83. The van der Waals surface area contributed by atoms with Crippen molar-refractivity contribution in [3.8, 4) is 6.07 Å². The van der Waals surface area contributed by atoms with Gasteiger partial charge >= 0.3 is 5.97 Å². The summed E-state index contributed by atoms with van der Waals surface area (Å²) in [6.07, 6.45) is 2.51. The van der Waals surface area contributed by atoms with E-state index in [1.165, 1.54) is 20.0 Å². The molecule has 3 N–H and O–H groups in total. The molecule has 0 spiro atoms. The molecule has 1 aromatic heterocycles. The zero-order valence-electron chi connectivity index (χ0n) is 11.3. The van der Waals surface area contributed by atoms with Crippen LogP contribution in [0.2, 0.25) is 0 Å². The van der Waals surface area contributed by atoms with Gasteiger partial charge in [-0.25, -0.2) is 4.79 Å². The van der Waals surface area contributed by atoms with Gasteiger partial charge in [-0.3, -0.25) is 0 Å².